The first-order valence-corrected chi connectivity index (χ1v) is 10.9. The number of nitrogens with zero attached hydrogens (tertiary/aromatic N) is 7. The van der Waals surface area contributed by atoms with E-state index in [-0.39, 0.29) is 16.6 Å². The third kappa shape index (κ3) is 4.95. The van der Waals surface area contributed by atoms with Crippen molar-refractivity contribution in [1.29, 1.82) is 0 Å². The lowest BCUT2D eigenvalue weighted by Gasteiger charge is -2.35. The molecule has 10 nitrogen and oxygen atoms in total. The fourth-order valence-electron chi connectivity index (χ4n) is 3.66. The maximum Gasteiger partial charge on any atom is 0.359 e. The van der Waals surface area contributed by atoms with Gasteiger partial charge < -0.3 is 14.5 Å². The summed E-state index contributed by atoms with van der Waals surface area (Å²) in [6.07, 6.45) is 2.39. The van der Waals surface area contributed by atoms with Crippen molar-refractivity contribution in [2.24, 2.45) is 0 Å². The first kappa shape index (κ1) is 22.7. The Morgan fingerprint density at radius 3 is 2.42 bits per heavy atom. The van der Waals surface area contributed by atoms with Crippen LogP contribution >= 0.6 is 11.6 Å². The molecule has 0 saturated carbocycles. The third-order valence-electron chi connectivity index (χ3n) is 5.31. The summed E-state index contributed by atoms with van der Waals surface area (Å²) in [4.78, 5) is 42.1. The lowest BCUT2D eigenvalue weighted by atomic mass is 10.2. The molecule has 1 aliphatic heterocycles. The first-order valence-electron chi connectivity index (χ1n) is 10.6. The Morgan fingerprint density at radius 1 is 1.09 bits per heavy atom. The number of hydrogen-bond donors (Lipinski definition) is 0. The molecule has 0 aliphatic carbocycles. The number of hydrogen-bond acceptors (Lipinski definition) is 8. The Morgan fingerprint density at radius 2 is 1.79 bits per heavy atom. The summed E-state index contributed by atoms with van der Waals surface area (Å²) in [5.41, 5.74) is 1.63. The van der Waals surface area contributed by atoms with Gasteiger partial charge in [0.2, 0.25) is 5.95 Å². The van der Waals surface area contributed by atoms with E-state index in [1.807, 2.05) is 24.8 Å². The van der Waals surface area contributed by atoms with Crippen LogP contribution in [0.15, 0.2) is 36.7 Å². The highest BCUT2D eigenvalue weighted by Gasteiger charge is 2.29. The zero-order chi connectivity index (χ0) is 23.5. The molecule has 33 heavy (non-hydrogen) atoms. The smallest absolute Gasteiger partial charge is 0.359 e. The molecule has 11 heteroatoms. The molecular weight excluding hydrogens is 446 g/mol. The van der Waals surface area contributed by atoms with Crippen LogP contribution in [0.25, 0.3) is 5.82 Å². The predicted molar refractivity (Wildman–Crippen MR) is 122 cm³/mol. The molecular formula is C22H24ClN7O3. The van der Waals surface area contributed by atoms with Crippen LogP contribution in [0.1, 0.15) is 28.8 Å². The molecule has 1 saturated heterocycles. The Labute approximate surface area is 196 Å². The number of aromatic nitrogens is 5. The fourth-order valence-corrected chi connectivity index (χ4v) is 3.84. The minimum atomic E-state index is -0.979. The summed E-state index contributed by atoms with van der Waals surface area (Å²) in [5, 5.41) is 4.51. The molecule has 172 valence electrons. The molecule has 4 rings (SSSR count). The number of anilines is 1. The average molecular weight is 470 g/mol. The predicted octanol–water partition coefficient (Wildman–Crippen LogP) is 2.22. The number of carbonyl (C=O) groups excluding carboxylic acids is 2. The molecule has 0 aromatic carbocycles. The number of amides is 1. The molecule has 0 bridgehead atoms. The van der Waals surface area contributed by atoms with Crippen molar-refractivity contribution in [3.8, 4) is 5.82 Å². The average Bonchev–Trinajstić information content (AvgIpc) is 3.17. The highest BCUT2D eigenvalue weighted by atomic mass is 35.5. The van der Waals surface area contributed by atoms with Gasteiger partial charge in [-0.05, 0) is 45.0 Å². The molecule has 1 aliphatic rings. The van der Waals surface area contributed by atoms with Gasteiger partial charge in [0, 0.05) is 44.3 Å². The highest BCUT2D eigenvalue weighted by molar-refractivity contribution is 6.33. The SMILES string of the molecule is Cc1cc(C)n(-c2ccc(Cl)c(C(=O)OC(C)C(=O)N3CCN(c4ncccn4)CC3)n2)n1. The van der Waals surface area contributed by atoms with Crippen molar-refractivity contribution in [2.75, 3.05) is 31.1 Å². The number of pyridine rings is 1. The Bertz CT molecular complexity index is 1160. The summed E-state index contributed by atoms with van der Waals surface area (Å²) >= 11 is 6.20. The normalized spacial score (nSPS) is 14.8. The number of esters is 1. The minimum Gasteiger partial charge on any atom is -0.448 e. The van der Waals surface area contributed by atoms with Gasteiger partial charge in [0.05, 0.1) is 10.7 Å². The van der Waals surface area contributed by atoms with Gasteiger partial charge in [-0.2, -0.15) is 5.10 Å². The van der Waals surface area contributed by atoms with Crippen LogP contribution in [-0.4, -0.2) is 73.8 Å². The summed E-state index contributed by atoms with van der Waals surface area (Å²) in [6.45, 7) is 7.44. The van der Waals surface area contributed by atoms with Crippen LogP contribution in [-0.2, 0) is 9.53 Å². The van der Waals surface area contributed by atoms with Crippen molar-refractivity contribution < 1.29 is 14.3 Å². The van der Waals surface area contributed by atoms with Gasteiger partial charge in [-0.3, -0.25) is 4.79 Å². The van der Waals surface area contributed by atoms with Crippen LogP contribution in [0.4, 0.5) is 5.95 Å². The van der Waals surface area contributed by atoms with E-state index >= 15 is 0 Å². The number of halogens is 1. The summed E-state index contributed by atoms with van der Waals surface area (Å²) in [5.74, 6) is 0.0332. The van der Waals surface area contributed by atoms with Gasteiger partial charge in [-0.25, -0.2) is 24.4 Å². The lowest BCUT2D eigenvalue weighted by molar-refractivity contribution is -0.140. The van der Waals surface area contributed by atoms with E-state index in [2.05, 4.69) is 20.1 Å². The van der Waals surface area contributed by atoms with Gasteiger partial charge in [-0.1, -0.05) is 11.6 Å². The molecule has 0 radical (unpaired) electrons. The molecule has 0 N–H and O–H groups in total. The maximum absolute atomic E-state index is 12.9. The lowest BCUT2D eigenvalue weighted by Crippen LogP contribution is -2.52. The summed E-state index contributed by atoms with van der Waals surface area (Å²) in [7, 11) is 0. The summed E-state index contributed by atoms with van der Waals surface area (Å²) < 4.78 is 7.04. The zero-order valence-corrected chi connectivity index (χ0v) is 19.4. The monoisotopic (exact) mass is 469 g/mol. The minimum absolute atomic E-state index is 0.0626. The van der Waals surface area contributed by atoms with Crippen LogP contribution in [0.3, 0.4) is 0 Å². The van der Waals surface area contributed by atoms with Crippen molar-refractivity contribution in [3.05, 3.63) is 58.8 Å². The molecule has 1 amide bonds. The number of piperazine rings is 1. The van der Waals surface area contributed by atoms with Crippen LogP contribution < -0.4 is 4.90 Å². The van der Waals surface area contributed by atoms with E-state index in [0.29, 0.717) is 37.9 Å². The molecule has 1 fully saturated rings. The second-order valence-corrected chi connectivity index (χ2v) is 8.15. The van der Waals surface area contributed by atoms with E-state index in [1.54, 1.807) is 47.1 Å². The van der Waals surface area contributed by atoms with Crippen molar-refractivity contribution >= 4 is 29.4 Å². The van der Waals surface area contributed by atoms with Crippen LogP contribution in [0, 0.1) is 13.8 Å². The number of aryl methyl sites for hydroxylation is 2. The van der Waals surface area contributed by atoms with E-state index in [4.69, 9.17) is 16.3 Å². The first-order chi connectivity index (χ1) is 15.8. The standard InChI is InChI=1S/C22H24ClN7O3/c1-14-13-15(2)30(27-14)18-6-5-17(23)19(26-18)21(32)33-16(3)20(31)28-9-11-29(12-10-28)22-24-7-4-8-25-22/h4-8,13,16H,9-12H2,1-3H3. The van der Waals surface area contributed by atoms with E-state index in [9.17, 15) is 9.59 Å². The van der Waals surface area contributed by atoms with Crippen LogP contribution in [0.5, 0.6) is 0 Å². The summed E-state index contributed by atoms with van der Waals surface area (Å²) in [6, 6.07) is 6.89. The molecule has 0 spiro atoms. The van der Waals surface area contributed by atoms with Crippen molar-refractivity contribution in [3.63, 3.8) is 0 Å². The second kappa shape index (κ2) is 9.53. The molecule has 3 aromatic heterocycles. The van der Waals surface area contributed by atoms with Crippen molar-refractivity contribution in [1.82, 2.24) is 29.6 Å². The largest absolute Gasteiger partial charge is 0.448 e. The quantitative estimate of drug-likeness (QED) is 0.523. The van der Waals surface area contributed by atoms with Gasteiger partial charge in [0.25, 0.3) is 5.91 Å². The van der Waals surface area contributed by atoms with E-state index in [1.165, 1.54) is 0 Å². The molecule has 1 unspecified atom stereocenters. The van der Waals surface area contributed by atoms with Crippen LogP contribution in [0.2, 0.25) is 5.02 Å². The highest BCUT2D eigenvalue weighted by Crippen LogP contribution is 2.20. The Hall–Kier alpha value is -3.53. The third-order valence-corrected chi connectivity index (χ3v) is 5.61. The van der Waals surface area contributed by atoms with E-state index < -0.39 is 12.1 Å². The van der Waals surface area contributed by atoms with Gasteiger partial charge >= 0.3 is 5.97 Å². The van der Waals surface area contributed by atoms with Gasteiger partial charge in [0.15, 0.2) is 17.6 Å². The van der Waals surface area contributed by atoms with Gasteiger partial charge in [-0.15, -0.1) is 0 Å². The Balaban J connectivity index is 1.40. The topological polar surface area (TPSA) is 106 Å². The maximum atomic E-state index is 12.9. The second-order valence-electron chi connectivity index (χ2n) is 7.75. The number of carbonyl (C=O) groups is 2. The van der Waals surface area contributed by atoms with Crippen molar-refractivity contribution in [2.45, 2.75) is 26.9 Å². The fraction of sp³-hybridized carbons (Fsp3) is 0.364. The van der Waals surface area contributed by atoms with E-state index in [0.717, 1.165) is 11.4 Å². The van der Waals surface area contributed by atoms with Gasteiger partial charge in [0.1, 0.15) is 0 Å². The molecule has 4 heterocycles. The number of ether oxygens (including phenoxy) is 1. The molecule has 3 aromatic rings. The number of rotatable bonds is 5. The zero-order valence-electron chi connectivity index (χ0n) is 18.6. The molecule has 1 atom stereocenters. The Kier molecular flexibility index (Phi) is 6.55.